The molecule has 2 aromatic rings. The third-order valence-electron chi connectivity index (χ3n) is 3.06. The van der Waals surface area contributed by atoms with Crippen LogP contribution < -0.4 is 0 Å². The van der Waals surface area contributed by atoms with E-state index in [-0.39, 0.29) is 23.0 Å². The van der Waals surface area contributed by atoms with Crippen molar-refractivity contribution in [1.29, 1.82) is 0 Å². The zero-order valence-corrected chi connectivity index (χ0v) is 16.6. The lowest BCUT2D eigenvalue weighted by Crippen LogP contribution is -1.99. The second-order valence-electron chi connectivity index (χ2n) is 5.28. The molecule has 27 heavy (non-hydrogen) atoms. The quantitative estimate of drug-likeness (QED) is 0.547. The molecule has 0 saturated carbocycles. The Morgan fingerprint density at radius 1 is 0.667 bits per heavy atom. The molecule has 8 nitrogen and oxygen atoms in total. The summed E-state index contributed by atoms with van der Waals surface area (Å²) in [6.07, 6.45) is 0.500. The Morgan fingerprint density at radius 3 is 1.11 bits per heavy atom. The summed E-state index contributed by atoms with van der Waals surface area (Å²) in [4.78, 5) is -0.0556. The molecule has 0 atom stereocenters. The molecule has 0 saturated heterocycles. The van der Waals surface area contributed by atoms with Gasteiger partial charge in [0.1, 0.15) is 0 Å². The number of benzene rings is 2. The van der Waals surface area contributed by atoms with Gasteiger partial charge in [-0.1, -0.05) is 36.4 Å². The second kappa shape index (κ2) is 11.8. The van der Waals surface area contributed by atoms with Crippen molar-refractivity contribution in [1.82, 2.24) is 0 Å². The Morgan fingerprint density at radius 2 is 0.963 bits per heavy atom. The fourth-order valence-electron chi connectivity index (χ4n) is 1.76. The zero-order chi connectivity index (χ0) is 21.1. The van der Waals surface area contributed by atoms with Gasteiger partial charge < -0.3 is 10.2 Å². The molecule has 10 heteroatoms. The molecule has 0 aliphatic heterocycles. The molecule has 0 unspecified atom stereocenters. The highest BCUT2D eigenvalue weighted by molar-refractivity contribution is 7.86. The highest BCUT2D eigenvalue weighted by Crippen LogP contribution is 2.13. The monoisotopic (exact) mass is 420 g/mol. The third kappa shape index (κ3) is 10.2. The Balaban J connectivity index is 0.000000405. The molecule has 0 heterocycles. The summed E-state index contributed by atoms with van der Waals surface area (Å²) in [6, 6.07) is 12.5. The van der Waals surface area contributed by atoms with Crippen molar-refractivity contribution < 1.29 is 36.2 Å². The predicted octanol–water partition coefficient (Wildman–Crippen LogP) is 1.84. The van der Waals surface area contributed by atoms with Crippen LogP contribution in [-0.4, -0.2) is 49.4 Å². The van der Waals surface area contributed by atoms with Crippen molar-refractivity contribution in [3.8, 4) is 0 Å². The molecular weight excluding hydrogens is 396 g/mol. The first-order valence-corrected chi connectivity index (χ1v) is 10.6. The van der Waals surface area contributed by atoms with Gasteiger partial charge in [0.2, 0.25) is 0 Å². The van der Waals surface area contributed by atoms with E-state index in [0.717, 1.165) is 0 Å². The van der Waals surface area contributed by atoms with Crippen molar-refractivity contribution in [3.63, 3.8) is 0 Å². The minimum atomic E-state index is -4.03. The molecule has 0 aliphatic rings. The van der Waals surface area contributed by atoms with Crippen molar-refractivity contribution in [2.24, 2.45) is 0 Å². The Bertz CT molecular complexity index is 831. The smallest absolute Gasteiger partial charge is 0.294 e. The molecule has 152 valence electrons. The van der Waals surface area contributed by atoms with Crippen LogP contribution in [0.15, 0.2) is 58.3 Å². The lowest BCUT2D eigenvalue weighted by molar-refractivity contribution is 0.221. The van der Waals surface area contributed by atoms with E-state index >= 15 is 0 Å². The minimum absolute atomic E-state index is 0.0278. The largest absolute Gasteiger partial charge is 0.396 e. The summed E-state index contributed by atoms with van der Waals surface area (Å²) in [7, 11) is -8.07. The fourth-order valence-corrected chi connectivity index (χ4v) is 3.21. The van der Waals surface area contributed by atoms with Gasteiger partial charge in [-0.15, -0.1) is 0 Å². The van der Waals surface area contributed by atoms with Gasteiger partial charge >= 0.3 is 0 Å². The van der Waals surface area contributed by atoms with E-state index in [4.69, 9.17) is 19.3 Å². The highest BCUT2D eigenvalue weighted by Gasteiger charge is 2.11. The zero-order valence-electron chi connectivity index (χ0n) is 15.0. The second-order valence-corrected chi connectivity index (χ2v) is 8.06. The summed E-state index contributed by atoms with van der Waals surface area (Å²) in [5.74, 6) is 0. The average Bonchev–Trinajstić information content (AvgIpc) is 2.55. The predicted molar refractivity (Wildman–Crippen MR) is 101 cm³/mol. The molecule has 0 amide bonds. The van der Waals surface area contributed by atoms with Gasteiger partial charge in [0.15, 0.2) is 0 Å². The van der Waals surface area contributed by atoms with Gasteiger partial charge in [-0.05, 0) is 43.5 Å². The van der Waals surface area contributed by atoms with Crippen LogP contribution >= 0.6 is 0 Å². The number of hydrogen-bond acceptors (Lipinski definition) is 6. The summed E-state index contributed by atoms with van der Waals surface area (Å²) in [5, 5.41) is 15.8. The summed E-state index contributed by atoms with van der Waals surface area (Å²) in [6.45, 7) is 3.44. The first-order chi connectivity index (χ1) is 12.4. The Kier molecular flexibility index (Phi) is 11.0. The summed E-state index contributed by atoms with van der Waals surface area (Å²) in [5.41, 5.74) is 1.10. The van der Waals surface area contributed by atoms with E-state index in [0.29, 0.717) is 17.5 Å². The van der Waals surface area contributed by atoms with Crippen LogP contribution in [0.3, 0.4) is 0 Å². The van der Waals surface area contributed by atoms with E-state index < -0.39 is 20.2 Å². The van der Waals surface area contributed by atoms with Crippen LogP contribution in [0.4, 0.5) is 0 Å². The van der Waals surface area contributed by atoms with Crippen LogP contribution in [-0.2, 0) is 20.2 Å². The maximum Gasteiger partial charge on any atom is 0.294 e. The van der Waals surface area contributed by atoms with Crippen LogP contribution in [0.2, 0.25) is 0 Å². The first-order valence-electron chi connectivity index (χ1n) is 7.73. The number of hydrogen-bond donors (Lipinski definition) is 4. The lowest BCUT2D eigenvalue weighted by atomic mass is 10.2. The summed E-state index contributed by atoms with van der Waals surface area (Å²) < 4.78 is 59.7. The molecule has 2 aromatic carbocycles. The number of aryl methyl sites for hydroxylation is 2. The van der Waals surface area contributed by atoms with Crippen molar-refractivity contribution in [2.75, 3.05) is 13.2 Å². The highest BCUT2D eigenvalue weighted by atomic mass is 32.2. The topological polar surface area (TPSA) is 149 Å². The lowest BCUT2D eigenvalue weighted by Gasteiger charge is -1.99. The fraction of sp³-hybridized carbons (Fsp3) is 0.294. The standard InChI is InChI=1S/2C7H8O3S.C3H8O2/c2*1-6-4-2-3-5-7(6)11(8,9)10;4-2-1-3-5/h2*2-5H,1H3,(H,8,9,10);4-5H,1-3H2. The van der Waals surface area contributed by atoms with Crippen LogP contribution in [0, 0.1) is 13.8 Å². The first kappa shape index (κ1) is 25.2. The normalized spacial score (nSPS) is 10.9. The number of aliphatic hydroxyl groups is 2. The van der Waals surface area contributed by atoms with Gasteiger partial charge in [0.25, 0.3) is 20.2 Å². The molecule has 4 N–H and O–H groups in total. The van der Waals surface area contributed by atoms with E-state index in [1.165, 1.54) is 12.1 Å². The molecule has 0 fully saturated rings. The van der Waals surface area contributed by atoms with Gasteiger partial charge in [0, 0.05) is 13.2 Å². The minimum Gasteiger partial charge on any atom is -0.396 e. The van der Waals surface area contributed by atoms with Crippen LogP contribution in [0.25, 0.3) is 0 Å². The van der Waals surface area contributed by atoms with Crippen molar-refractivity contribution >= 4 is 20.2 Å². The third-order valence-corrected chi connectivity index (χ3v) is 5.09. The maximum atomic E-state index is 10.6. The van der Waals surface area contributed by atoms with Crippen LogP contribution in [0.5, 0.6) is 0 Å². The maximum absolute atomic E-state index is 10.6. The van der Waals surface area contributed by atoms with Gasteiger partial charge in [-0.25, -0.2) is 0 Å². The van der Waals surface area contributed by atoms with E-state index in [2.05, 4.69) is 0 Å². The Hall–Kier alpha value is -1.82. The number of rotatable bonds is 4. The Labute approximate surface area is 159 Å². The molecular formula is C17H24O8S2. The van der Waals surface area contributed by atoms with Gasteiger partial charge in [-0.3, -0.25) is 9.11 Å². The summed E-state index contributed by atoms with van der Waals surface area (Å²) >= 11 is 0. The molecule has 0 aromatic heterocycles. The van der Waals surface area contributed by atoms with E-state index in [1.54, 1.807) is 50.2 Å². The molecule has 0 radical (unpaired) electrons. The van der Waals surface area contributed by atoms with E-state index in [9.17, 15) is 16.8 Å². The average molecular weight is 421 g/mol. The van der Waals surface area contributed by atoms with Crippen molar-refractivity contribution in [2.45, 2.75) is 30.1 Å². The molecule has 0 bridgehead atoms. The molecule has 0 spiro atoms. The van der Waals surface area contributed by atoms with E-state index in [1.807, 2.05) is 0 Å². The van der Waals surface area contributed by atoms with Crippen molar-refractivity contribution in [3.05, 3.63) is 59.7 Å². The SMILES string of the molecule is Cc1ccccc1S(=O)(=O)O.Cc1ccccc1S(=O)(=O)O.OCCCO. The number of aliphatic hydroxyl groups excluding tert-OH is 2. The molecule has 0 aliphatic carbocycles. The van der Waals surface area contributed by atoms with Gasteiger partial charge in [0.05, 0.1) is 9.79 Å². The van der Waals surface area contributed by atoms with Crippen LogP contribution in [0.1, 0.15) is 17.5 Å². The van der Waals surface area contributed by atoms with Gasteiger partial charge in [-0.2, -0.15) is 16.8 Å². The molecule has 2 rings (SSSR count).